The highest BCUT2D eigenvalue weighted by Crippen LogP contribution is 2.29. The number of fused-ring (bicyclic) bond motifs is 1. The molecule has 3 aromatic rings. The third-order valence-corrected chi connectivity index (χ3v) is 5.23. The lowest BCUT2D eigenvalue weighted by Gasteiger charge is -2.25. The van der Waals surface area contributed by atoms with Gasteiger partial charge in [0.15, 0.2) is 5.82 Å². The lowest BCUT2D eigenvalue weighted by Crippen LogP contribution is -2.42. The first kappa shape index (κ1) is 21.0. The second-order valence-corrected chi connectivity index (χ2v) is 7.19. The molecule has 9 nitrogen and oxygen atoms in total. The summed E-state index contributed by atoms with van der Waals surface area (Å²) >= 11 is 0. The number of carbonyl (C=O) groups is 3. The molecule has 1 aromatic heterocycles. The smallest absolute Gasteiger partial charge is 0.321 e. The maximum absolute atomic E-state index is 13.0. The van der Waals surface area contributed by atoms with Gasteiger partial charge in [-0.1, -0.05) is 30.3 Å². The minimum absolute atomic E-state index is 0.143. The molecule has 4 rings (SSSR count). The molecule has 0 saturated heterocycles. The molecule has 1 aliphatic rings. The average Bonchev–Trinajstić information content (AvgIpc) is 3.14. The zero-order valence-electron chi connectivity index (χ0n) is 17.3. The van der Waals surface area contributed by atoms with Gasteiger partial charge in [0, 0.05) is 36.6 Å². The molecule has 0 spiro atoms. The highest BCUT2D eigenvalue weighted by atomic mass is 16.5. The van der Waals surface area contributed by atoms with Crippen LogP contribution in [0.25, 0.3) is 11.4 Å². The van der Waals surface area contributed by atoms with Gasteiger partial charge in [0.25, 0.3) is 5.91 Å². The standard InChI is InChI=1S/C23H21N5O4/c1-32-18-8-7-17-12-28(22(30)19(17)11-18)13-20(27-23(31)26-14-29)15-3-5-16(6-4-15)21-24-9-2-10-25-21/h2-11,14,20H,12-13H2,1H3,(H2,26,27,29,31)/t20-/m0/s1. The molecule has 32 heavy (non-hydrogen) atoms. The summed E-state index contributed by atoms with van der Waals surface area (Å²) in [5.41, 5.74) is 3.06. The number of imide groups is 1. The highest BCUT2D eigenvalue weighted by molar-refractivity contribution is 5.98. The van der Waals surface area contributed by atoms with Crippen LogP contribution in [0.3, 0.4) is 0 Å². The molecule has 0 fully saturated rings. The third-order valence-electron chi connectivity index (χ3n) is 5.23. The van der Waals surface area contributed by atoms with Crippen LogP contribution in [0.2, 0.25) is 0 Å². The van der Waals surface area contributed by atoms with Gasteiger partial charge in [0.1, 0.15) is 5.75 Å². The van der Waals surface area contributed by atoms with Gasteiger partial charge >= 0.3 is 6.03 Å². The Morgan fingerprint density at radius 3 is 2.62 bits per heavy atom. The Labute approximate surface area is 184 Å². The Hall–Kier alpha value is -4.27. The molecule has 0 bridgehead atoms. The Bertz CT molecular complexity index is 1130. The van der Waals surface area contributed by atoms with Gasteiger partial charge in [-0.2, -0.15) is 0 Å². The Morgan fingerprint density at radius 2 is 1.94 bits per heavy atom. The number of carbonyl (C=O) groups excluding carboxylic acids is 3. The second-order valence-electron chi connectivity index (χ2n) is 7.19. The lowest BCUT2D eigenvalue weighted by molar-refractivity contribution is -0.108. The summed E-state index contributed by atoms with van der Waals surface area (Å²) in [6, 6.07) is 13.3. The van der Waals surface area contributed by atoms with Gasteiger partial charge in [-0.25, -0.2) is 14.8 Å². The van der Waals surface area contributed by atoms with Gasteiger partial charge in [-0.3, -0.25) is 14.9 Å². The zero-order valence-corrected chi connectivity index (χ0v) is 17.3. The van der Waals surface area contributed by atoms with Crippen LogP contribution in [0.15, 0.2) is 60.9 Å². The third kappa shape index (κ3) is 4.41. The highest BCUT2D eigenvalue weighted by Gasteiger charge is 2.30. The van der Waals surface area contributed by atoms with E-state index >= 15 is 0 Å². The molecular weight excluding hydrogens is 410 g/mol. The van der Waals surface area contributed by atoms with Crippen LogP contribution in [0.4, 0.5) is 4.79 Å². The number of urea groups is 1. The van der Waals surface area contributed by atoms with E-state index < -0.39 is 12.1 Å². The molecule has 2 aromatic carbocycles. The van der Waals surface area contributed by atoms with Crippen molar-refractivity contribution in [3.05, 3.63) is 77.6 Å². The molecule has 1 atom stereocenters. The van der Waals surface area contributed by atoms with E-state index in [4.69, 9.17) is 4.74 Å². The van der Waals surface area contributed by atoms with E-state index in [0.717, 1.165) is 16.7 Å². The summed E-state index contributed by atoms with van der Waals surface area (Å²) in [5, 5.41) is 4.84. The molecule has 162 valence electrons. The van der Waals surface area contributed by atoms with Gasteiger partial charge in [0.05, 0.1) is 13.2 Å². The van der Waals surface area contributed by atoms with E-state index in [0.29, 0.717) is 30.1 Å². The van der Waals surface area contributed by atoms with Crippen LogP contribution in [-0.2, 0) is 11.3 Å². The first-order chi connectivity index (χ1) is 15.6. The van der Waals surface area contributed by atoms with Crippen molar-refractivity contribution in [2.75, 3.05) is 13.7 Å². The van der Waals surface area contributed by atoms with Crippen molar-refractivity contribution >= 4 is 18.3 Å². The fourth-order valence-electron chi connectivity index (χ4n) is 3.64. The summed E-state index contributed by atoms with van der Waals surface area (Å²) in [5.74, 6) is 1.05. The fraction of sp³-hybridized carbons (Fsp3) is 0.174. The van der Waals surface area contributed by atoms with E-state index in [9.17, 15) is 14.4 Å². The van der Waals surface area contributed by atoms with Gasteiger partial charge in [-0.15, -0.1) is 0 Å². The van der Waals surface area contributed by atoms with Gasteiger partial charge in [-0.05, 0) is 29.3 Å². The number of rotatable bonds is 7. The summed E-state index contributed by atoms with van der Waals surface area (Å²) in [7, 11) is 1.55. The van der Waals surface area contributed by atoms with Crippen LogP contribution in [0.5, 0.6) is 5.75 Å². The van der Waals surface area contributed by atoms with E-state index in [1.165, 1.54) is 0 Å². The summed E-state index contributed by atoms with van der Waals surface area (Å²) in [4.78, 5) is 45.8. The predicted molar refractivity (Wildman–Crippen MR) is 116 cm³/mol. The van der Waals surface area contributed by atoms with E-state index in [1.54, 1.807) is 36.5 Å². The van der Waals surface area contributed by atoms with Crippen LogP contribution in [0, 0.1) is 0 Å². The molecule has 0 unspecified atom stereocenters. The molecule has 0 radical (unpaired) electrons. The van der Waals surface area contributed by atoms with Crippen molar-refractivity contribution in [2.24, 2.45) is 0 Å². The Morgan fingerprint density at radius 1 is 1.19 bits per heavy atom. The maximum atomic E-state index is 13.0. The minimum atomic E-state index is -0.647. The van der Waals surface area contributed by atoms with Crippen LogP contribution in [0.1, 0.15) is 27.5 Å². The van der Waals surface area contributed by atoms with Gasteiger partial charge in [0.2, 0.25) is 6.41 Å². The number of ether oxygens (including phenoxy) is 1. The molecule has 2 N–H and O–H groups in total. The molecule has 9 heteroatoms. The second kappa shape index (κ2) is 9.25. The maximum Gasteiger partial charge on any atom is 0.321 e. The van der Waals surface area contributed by atoms with Crippen LogP contribution >= 0.6 is 0 Å². The number of hydrogen-bond donors (Lipinski definition) is 2. The SMILES string of the molecule is COc1ccc2c(c1)C(=O)N(C[C@H](NC(=O)NC=O)c1ccc(-c3ncccn3)cc1)C2. The lowest BCUT2D eigenvalue weighted by atomic mass is 10.0. The zero-order chi connectivity index (χ0) is 22.5. The van der Waals surface area contributed by atoms with Gasteiger partial charge < -0.3 is 15.0 Å². The number of amides is 4. The fourth-order valence-corrected chi connectivity index (χ4v) is 3.64. The Kier molecular flexibility index (Phi) is 6.07. The number of benzene rings is 2. The first-order valence-electron chi connectivity index (χ1n) is 9.93. The van der Waals surface area contributed by atoms with E-state index in [1.807, 2.05) is 36.4 Å². The summed E-state index contributed by atoms with van der Waals surface area (Å²) in [6.07, 6.45) is 3.64. The monoisotopic (exact) mass is 431 g/mol. The molecule has 0 aliphatic carbocycles. The van der Waals surface area contributed by atoms with Crippen molar-refractivity contribution in [2.45, 2.75) is 12.6 Å². The van der Waals surface area contributed by atoms with Crippen LogP contribution in [-0.4, -0.2) is 46.9 Å². The van der Waals surface area contributed by atoms with E-state index in [-0.39, 0.29) is 12.5 Å². The van der Waals surface area contributed by atoms with Crippen molar-refractivity contribution in [3.63, 3.8) is 0 Å². The first-order valence-corrected chi connectivity index (χ1v) is 9.93. The van der Waals surface area contributed by atoms with Crippen molar-refractivity contribution in [1.29, 1.82) is 0 Å². The molecular formula is C23H21N5O4. The number of nitrogens with one attached hydrogen (secondary N) is 2. The molecule has 2 heterocycles. The molecule has 0 saturated carbocycles. The number of hydrogen-bond acceptors (Lipinski definition) is 6. The van der Waals surface area contributed by atoms with E-state index in [2.05, 4.69) is 20.6 Å². The largest absolute Gasteiger partial charge is 0.497 e. The van der Waals surface area contributed by atoms with Crippen molar-refractivity contribution in [1.82, 2.24) is 25.5 Å². The number of aromatic nitrogens is 2. The topological polar surface area (TPSA) is 114 Å². The Balaban J connectivity index is 1.56. The predicted octanol–water partition coefficient (Wildman–Crippen LogP) is 2.30. The normalized spacial score (nSPS) is 13.3. The summed E-state index contributed by atoms with van der Waals surface area (Å²) < 4.78 is 5.22. The quantitative estimate of drug-likeness (QED) is 0.555. The average molecular weight is 431 g/mol. The van der Waals surface area contributed by atoms with Crippen molar-refractivity contribution in [3.8, 4) is 17.1 Å². The number of nitrogens with zero attached hydrogens (tertiary/aromatic N) is 3. The van der Waals surface area contributed by atoms with Crippen molar-refractivity contribution < 1.29 is 19.1 Å². The summed E-state index contributed by atoms with van der Waals surface area (Å²) in [6.45, 7) is 0.644. The van der Waals surface area contributed by atoms with Crippen LogP contribution < -0.4 is 15.4 Å². The molecule has 1 aliphatic heterocycles. The minimum Gasteiger partial charge on any atom is -0.497 e. The number of methoxy groups -OCH3 is 1. The molecule has 4 amide bonds.